The van der Waals surface area contributed by atoms with E-state index in [9.17, 15) is 4.79 Å². The Bertz CT molecular complexity index is 469. The molecule has 4 nitrogen and oxygen atoms in total. The number of thiazole rings is 1. The maximum atomic E-state index is 11.8. The molecule has 2 aromatic heterocycles. The molecule has 0 atom stereocenters. The Kier molecular flexibility index (Phi) is 3.01. The van der Waals surface area contributed by atoms with Gasteiger partial charge in [0.2, 0.25) is 0 Å². The predicted molar refractivity (Wildman–Crippen MR) is 60.2 cm³/mol. The highest BCUT2D eigenvalue weighted by Crippen LogP contribution is 2.06. The monoisotopic (exact) mass is 223 g/mol. The van der Waals surface area contributed by atoms with Crippen LogP contribution in [-0.2, 0) is 13.1 Å². The average Bonchev–Trinajstić information content (AvgIpc) is 2.83. The van der Waals surface area contributed by atoms with Gasteiger partial charge in [0.1, 0.15) is 0 Å². The molecule has 0 amide bonds. The first-order valence-electron chi connectivity index (χ1n) is 4.94. The van der Waals surface area contributed by atoms with E-state index in [1.807, 2.05) is 12.4 Å². The molecule has 0 unspecified atom stereocenters. The van der Waals surface area contributed by atoms with Crippen LogP contribution in [0.1, 0.15) is 18.2 Å². The van der Waals surface area contributed by atoms with Crippen molar-refractivity contribution in [3.63, 3.8) is 0 Å². The standard InChI is InChI=1S/C10H13N3OS/c1-2-3-12-4-5-13(10(12)14)7-9-6-11-8-15-9/h4-6,8H,2-3,7H2,1H3. The molecule has 15 heavy (non-hydrogen) atoms. The van der Waals surface area contributed by atoms with Crippen LogP contribution in [0.5, 0.6) is 0 Å². The minimum Gasteiger partial charge on any atom is -0.299 e. The second-order valence-electron chi connectivity index (χ2n) is 3.37. The van der Waals surface area contributed by atoms with E-state index in [4.69, 9.17) is 0 Å². The van der Waals surface area contributed by atoms with Crippen LogP contribution in [-0.4, -0.2) is 14.1 Å². The maximum Gasteiger partial charge on any atom is 0.328 e. The summed E-state index contributed by atoms with van der Waals surface area (Å²) in [6, 6.07) is 0. The first-order valence-corrected chi connectivity index (χ1v) is 5.82. The van der Waals surface area contributed by atoms with Gasteiger partial charge in [0.05, 0.1) is 12.1 Å². The van der Waals surface area contributed by atoms with Crippen LogP contribution in [0.15, 0.2) is 28.9 Å². The largest absolute Gasteiger partial charge is 0.328 e. The molecule has 80 valence electrons. The number of hydrogen-bond donors (Lipinski definition) is 0. The third kappa shape index (κ3) is 2.18. The SMILES string of the molecule is CCCn1ccn(Cc2cncs2)c1=O. The smallest absolute Gasteiger partial charge is 0.299 e. The van der Waals surface area contributed by atoms with Crippen molar-refractivity contribution in [3.8, 4) is 0 Å². The van der Waals surface area contributed by atoms with Gasteiger partial charge < -0.3 is 0 Å². The summed E-state index contributed by atoms with van der Waals surface area (Å²) >= 11 is 1.57. The van der Waals surface area contributed by atoms with Gasteiger partial charge in [-0.3, -0.25) is 14.1 Å². The zero-order chi connectivity index (χ0) is 10.7. The highest BCUT2D eigenvalue weighted by molar-refractivity contribution is 7.09. The molecular weight excluding hydrogens is 210 g/mol. The number of imidazole rings is 1. The lowest BCUT2D eigenvalue weighted by Crippen LogP contribution is -2.24. The molecule has 0 aromatic carbocycles. The van der Waals surface area contributed by atoms with Crippen molar-refractivity contribution in [2.75, 3.05) is 0 Å². The van der Waals surface area contributed by atoms with Gasteiger partial charge in [0, 0.05) is 30.0 Å². The van der Waals surface area contributed by atoms with Crippen LogP contribution in [0.25, 0.3) is 0 Å². The predicted octanol–water partition coefficient (Wildman–Crippen LogP) is 1.56. The summed E-state index contributed by atoms with van der Waals surface area (Å²) in [6.45, 7) is 3.47. The van der Waals surface area contributed by atoms with Crippen molar-refractivity contribution in [2.45, 2.75) is 26.4 Å². The summed E-state index contributed by atoms with van der Waals surface area (Å²) in [5.74, 6) is 0. The number of aryl methyl sites for hydroxylation is 1. The topological polar surface area (TPSA) is 39.8 Å². The van der Waals surface area contributed by atoms with E-state index in [2.05, 4.69) is 11.9 Å². The van der Waals surface area contributed by atoms with Crippen molar-refractivity contribution in [3.05, 3.63) is 39.5 Å². The molecular formula is C10H13N3OS. The Morgan fingerprint density at radius 3 is 2.87 bits per heavy atom. The summed E-state index contributed by atoms with van der Waals surface area (Å²) in [4.78, 5) is 16.9. The molecule has 0 aliphatic rings. The van der Waals surface area contributed by atoms with E-state index in [0.717, 1.165) is 17.8 Å². The minimum atomic E-state index is 0.0604. The van der Waals surface area contributed by atoms with E-state index in [0.29, 0.717) is 6.54 Å². The number of aromatic nitrogens is 3. The Morgan fingerprint density at radius 1 is 1.40 bits per heavy atom. The summed E-state index contributed by atoms with van der Waals surface area (Å²) in [5.41, 5.74) is 1.84. The fourth-order valence-corrected chi connectivity index (χ4v) is 2.07. The van der Waals surface area contributed by atoms with Crippen molar-refractivity contribution in [1.29, 1.82) is 0 Å². The average molecular weight is 223 g/mol. The summed E-state index contributed by atoms with van der Waals surface area (Å²) in [5, 5.41) is 0. The maximum absolute atomic E-state index is 11.8. The third-order valence-electron chi connectivity index (χ3n) is 2.19. The molecule has 0 bridgehead atoms. The van der Waals surface area contributed by atoms with Crippen molar-refractivity contribution in [2.24, 2.45) is 0 Å². The lowest BCUT2D eigenvalue weighted by molar-refractivity contribution is 0.625. The molecule has 0 aliphatic carbocycles. The van der Waals surface area contributed by atoms with Crippen LogP contribution in [0.4, 0.5) is 0 Å². The van der Waals surface area contributed by atoms with Crippen LogP contribution < -0.4 is 5.69 Å². The van der Waals surface area contributed by atoms with Crippen molar-refractivity contribution >= 4 is 11.3 Å². The van der Waals surface area contributed by atoms with Crippen molar-refractivity contribution in [1.82, 2.24) is 14.1 Å². The normalized spacial score (nSPS) is 10.7. The zero-order valence-corrected chi connectivity index (χ0v) is 9.41. The lowest BCUT2D eigenvalue weighted by Gasteiger charge is -1.98. The number of nitrogens with zero attached hydrogens (tertiary/aromatic N) is 3. The molecule has 2 heterocycles. The van der Waals surface area contributed by atoms with E-state index in [1.54, 1.807) is 32.2 Å². The molecule has 0 saturated carbocycles. The van der Waals surface area contributed by atoms with Gasteiger partial charge in [-0.15, -0.1) is 11.3 Å². The van der Waals surface area contributed by atoms with Gasteiger partial charge in [-0.25, -0.2) is 4.79 Å². The fourth-order valence-electron chi connectivity index (χ4n) is 1.47. The second kappa shape index (κ2) is 4.44. The summed E-state index contributed by atoms with van der Waals surface area (Å²) < 4.78 is 3.45. The summed E-state index contributed by atoms with van der Waals surface area (Å²) in [6.07, 6.45) is 6.45. The zero-order valence-electron chi connectivity index (χ0n) is 8.59. The van der Waals surface area contributed by atoms with E-state index in [-0.39, 0.29) is 5.69 Å². The highest BCUT2D eigenvalue weighted by Gasteiger charge is 2.03. The Morgan fingerprint density at radius 2 is 2.20 bits per heavy atom. The first-order chi connectivity index (χ1) is 7.31. The molecule has 0 spiro atoms. The molecule has 5 heteroatoms. The van der Waals surface area contributed by atoms with Crippen molar-refractivity contribution < 1.29 is 0 Å². The van der Waals surface area contributed by atoms with Gasteiger partial charge >= 0.3 is 5.69 Å². The Hall–Kier alpha value is -1.36. The van der Waals surface area contributed by atoms with Crippen LogP contribution in [0.3, 0.4) is 0 Å². The molecule has 0 radical (unpaired) electrons. The quantitative estimate of drug-likeness (QED) is 0.789. The Labute approximate surface area is 91.8 Å². The van der Waals surface area contributed by atoms with Gasteiger partial charge in [0.15, 0.2) is 0 Å². The fraction of sp³-hybridized carbons (Fsp3) is 0.400. The third-order valence-corrected chi connectivity index (χ3v) is 2.96. The van der Waals surface area contributed by atoms with E-state index < -0.39 is 0 Å². The highest BCUT2D eigenvalue weighted by atomic mass is 32.1. The summed E-state index contributed by atoms with van der Waals surface area (Å²) in [7, 11) is 0. The lowest BCUT2D eigenvalue weighted by atomic mass is 10.5. The van der Waals surface area contributed by atoms with E-state index >= 15 is 0 Å². The minimum absolute atomic E-state index is 0.0604. The Balaban J connectivity index is 2.19. The van der Waals surface area contributed by atoms with Gasteiger partial charge in [-0.1, -0.05) is 6.92 Å². The van der Waals surface area contributed by atoms with Crippen LogP contribution in [0, 0.1) is 0 Å². The van der Waals surface area contributed by atoms with Crippen LogP contribution in [0.2, 0.25) is 0 Å². The molecule has 2 rings (SSSR count). The molecule has 0 N–H and O–H groups in total. The van der Waals surface area contributed by atoms with E-state index in [1.165, 1.54) is 0 Å². The second-order valence-corrected chi connectivity index (χ2v) is 4.34. The van der Waals surface area contributed by atoms with Gasteiger partial charge in [-0.2, -0.15) is 0 Å². The molecule has 0 saturated heterocycles. The number of hydrogen-bond acceptors (Lipinski definition) is 3. The van der Waals surface area contributed by atoms with Gasteiger partial charge in [-0.05, 0) is 6.42 Å². The molecule has 2 aromatic rings. The molecule has 0 fully saturated rings. The number of rotatable bonds is 4. The molecule has 0 aliphatic heterocycles. The first kappa shape index (κ1) is 10.2. The van der Waals surface area contributed by atoms with Gasteiger partial charge in [0.25, 0.3) is 0 Å². The van der Waals surface area contributed by atoms with Crippen LogP contribution >= 0.6 is 11.3 Å².